The van der Waals surface area contributed by atoms with Gasteiger partial charge in [0.05, 0.1) is 0 Å². The highest BCUT2D eigenvalue weighted by atomic mass is 19.4. The highest BCUT2D eigenvalue weighted by Gasteiger charge is 2.65. The molecular formula is C28H32F6O6. The van der Waals surface area contributed by atoms with Gasteiger partial charge in [-0.05, 0) is 12.8 Å². The highest BCUT2D eigenvalue weighted by Crippen LogP contribution is 2.44. The van der Waals surface area contributed by atoms with Gasteiger partial charge in [0.15, 0.2) is 0 Å². The van der Waals surface area contributed by atoms with Crippen LogP contribution in [0.3, 0.4) is 0 Å². The molecule has 0 spiro atoms. The summed E-state index contributed by atoms with van der Waals surface area (Å²) in [5, 5.41) is 0. The van der Waals surface area contributed by atoms with E-state index >= 15 is 0 Å². The van der Waals surface area contributed by atoms with Gasteiger partial charge in [0.1, 0.15) is 12.7 Å². The van der Waals surface area contributed by atoms with Crippen LogP contribution < -0.4 is 0 Å². The van der Waals surface area contributed by atoms with Crippen LogP contribution >= 0.6 is 0 Å². The van der Waals surface area contributed by atoms with Crippen molar-refractivity contribution in [1.29, 1.82) is 0 Å². The minimum atomic E-state index is -5.27. The number of carbonyl (C=O) groups is 2. The Kier molecular flexibility index (Phi) is 11.6. The van der Waals surface area contributed by atoms with Gasteiger partial charge in [0, 0.05) is 25.3 Å². The number of hydrogen-bond donors (Lipinski definition) is 0. The van der Waals surface area contributed by atoms with E-state index in [2.05, 4.69) is 4.74 Å². The molecule has 0 saturated carbocycles. The molecule has 2 aromatic carbocycles. The van der Waals surface area contributed by atoms with Crippen LogP contribution in [0, 0.1) is 0 Å². The third-order valence-electron chi connectivity index (χ3n) is 6.40. The Bertz CT molecular complexity index is 1080. The molecule has 6 nitrogen and oxygen atoms in total. The van der Waals surface area contributed by atoms with E-state index in [-0.39, 0.29) is 6.42 Å². The van der Waals surface area contributed by atoms with Gasteiger partial charge in [-0.25, -0.2) is 9.59 Å². The van der Waals surface area contributed by atoms with E-state index in [1.54, 1.807) is 0 Å². The molecule has 12 heteroatoms. The van der Waals surface area contributed by atoms with Gasteiger partial charge < -0.3 is 18.9 Å². The number of esters is 2. The molecule has 0 aromatic heterocycles. The number of unbranched alkanes of at least 4 members (excludes halogenated alkanes) is 3. The van der Waals surface area contributed by atoms with Gasteiger partial charge >= 0.3 is 24.3 Å². The van der Waals surface area contributed by atoms with Gasteiger partial charge in [0.2, 0.25) is 0 Å². The van der Waals surface area contributed by atoms with Crippen LogP contribution in [-0.2, 0) is 39.7 Å². The molecule has 0 aliphatic carbocycles. The van der Waals surface area contributed by atoms with Crippen molar-refractivity contribution in [3.8, 4) is 0 Å². The van der Waals surface area contributed by atoms with Gasteiger partial charge in [-0.15, -0.1) is 0 Å². The third kappa shape index (κ3) is 6.95. The summed E-state index contributed by atoms with van der Waals surface area (Å²) in [6.45, 7) is 0.970. The zero-order valence-corrected chi connectivity index (χ0v) is 22.3. The Hall–Kier alpha value is -3.12. The van der Waals surface area contributed by atoms with Crippen molar-refractivity contribution in [1.82, 2.24) is 0 Å². The summed E-state index contributed by atoms with van der Waals surface area (Å²) in [7, 11) is 1.37. The molecule has 2 aromatic rings. The summed E-state index contributed by atoms with van der Waals surface area (Å²) in [5.74, 6) is -3.71. The standard InChI is InChI=1S/C28H32F6O6/c1-4-5-6-13-18-22(40-24(36)26(38-3,28(32,33)34)21-16-11-8-12-17-21)19-39-23(35)25(37-2,27(29,30)31)20-14-9-7-10-15-20/h7-12,14-17,22H,4-6,13,18-19H2,1-3H3/t22?,25-,26-/m1/s1. The Morgan fingerprint density at radius 1 is 0.700 bits per heavy atom. The number of rotatable bonds is 14. The van der Waals surface area contributed by atoms with Crippen molar-refractivity contribution in [2.24, 2.45) is 0 Å². The van der Waals surface area contributed by atoms with E-state index < -0.39 is 59.3 Å². The normalized spacial score (nSPS) is 15.9. The number of hydrogen-bond acceptors (Lipinski definition) is 6. The van der Waals surface area contributed by atoms with E-state index in [1.807, 2.05) is 6.92 Å². The number of ether oxygens (including phenoxy) is 4. The Balaban J connectivity index is 2.39. The zero-order valence-electron chi connectivity index (χ0n) is 22.3. The quantitative estimate of drug-likeness (QED) is 0.143. The lowest BCUT2D eigenvalue weighted by atomic mass is 9.92. The highest BCUT2D eigenvalue weighted by molar-refractivity contribution is 5.83. The molecule has 40 heavy (non-hydrogen) atoms. The molecule has 0 radical (unpaired) electrons. The molecule has 0 amide bonds. The molecule has 222 valence electrons. The largest absolute Gasteiger partial charge is 0.459 e. The fraction of sp³-hybridized carbons (Fsp3) is 0.500. The van der Waals surface area contributed by atoms with Gasteiger partial charge in [0.25, 0.3) is 11.2 Å². The molecule has 0 heterocycles. The SMILES string of the molecule is CCCCCCC(COC(=O)[C@](OC)(c1ccccc1)C(F)(F)F)OC(=O)[C@](OC)(c1ccccc1)C(F)(F)F. The van der Waals surface area contributed by atoms with Crippen molar-refractivity contribution in [2.45, 2.75) is 68.7 Å². The fourth-order valence-corrected chi connectivity index (χ4v) is 4.25. The van der Waals surface area contributed by atoms with Crippen molar-refractivity contribution in [3.63, 3.8) is 0 Å². The first kappa shape index (κ1) is 33.1. The summed E-state index contributed by atoms with van der Waals surface area (Å²) in [6, 6.07) is 12.1. The molecule has 0 fully saturated rings. The lowest BCUT2D eigenvalue weighted by Crippen LogP contribution is -2.53. The maximum absolute atomic E-state index is 14.3. The summed E-state index contributed by atoms with van der Waals surface area (Å²) in [6.07, 6.45) is -9.61. The van der Waals surface area contributed by atoms with Gasteiger partial charge in [-0.3, -0.25) is 0 Å². The maximum Gasteiger partial charge on any atom is 0.432 e. The summed E-state index contributed by atoms with van der Waals surface area (Å²) in [4.78, 5) is 26.0. The van der Waals surface area contributed by atoms with Crippen LogP contribution in [0.4, 0.5) is 26.3 Å². The van der Waals surface area contributed by atoms with E-state index in [0.29, 0.717) is 27.1 Å². The molecule has 3 atom stereocenters. The van der Waals surface area contributed by atoms with Crippen molar-refractivity contribution < 1.29 is 54.9 Å². The van der Waals surface area contributed by atoms with Gasteiger partial charge in [-0.1, -0.05) is 86.8 Å². The number of benzene rings is 2. The minimum absolute atomic E-state index is 0.0806. The molecule has 0 saturated heterocycles. The van der Waals surface area contributed by atoms with Crippen LogP contribution in [0.5, 0.6) is 0 Å². The Morgan fingerprint density at radius 2 is 1.15 bits per heavy atom. The first-order valence-electron chi connectivity index (χ1n) is 12.5. The molecule has 2 rings (SSSR count). The molecule has 1 unspecified atom stereocenters. The van der Waals surface area contributed by atoms with Crippen LogP contribution in [-0.4, -0.2) is 51.2 Å². The average molecular weight is 579 g/mol. The topological polar surface area (TPSA) is 71.1 Å². The summed E-state index contributed by atoms with van der Waals surface area (Å²) < 4.78 is 105. The number of methoxy groups -OCH3 is 2. The second-order valence-electron chi connectivity index (χ2n) is 8.97. The first-order chi connectivity index (χ1) is 18.8. The van der Waals surface area contributed by atoms with Crippen LogP contribution in [0.25, 0.3) is 0 Å². The number of alkyl halides is 6. The van der Waals surface area contributed by atoms with Crippen LogP contribution in [0.15, 0.2) is 60.7 Å². The van der Waals surface area contributed by atoms with E-state index in [9.17, 15) is 35.9 Å². The second kappa shape index (κ2) is 14.0. The van der Waals surface area contributed by atoms with E-state index in [4.69, 9.17) is 14.2 Å². The van der Waals surface area contributed by atoms with Crippen molar-refractivity contribution in [3.05, 3.63) is 71.8 Å². The first-order valence-corrected chi connectivity index (χ1v) is 12.5. The predicted molar refractivity (Wildman–Crippen MR) is 132 cm³/mol. The fourth-order valence-electron chi connectivity index (χ4n) is 4.25. The maximum atomic E-state index is 14.3. The van der Waals surface area contributed by atoms with E-state index in [0.717, 1.165) is 37.1 Å². The van der Waals surface area contributed by atoms with Gasteiger partial charge in [-0.2, -0.15) is 26.3 Å². The second-order valence-corrected chi connectivity index (χ2v) is 8.97. The van der Waals surface area contributed by atoms with Crippen molar-refractivity contribution in [2.75, 3.05) is 20.8 Å². The van der Waals surface area contributed by atoms with Crippen LogP contribution in [0.2, 0.25) is 0 Å². The average Bonchev–Trinajstić information content (AvgIpc) is 2.90. The predicted octanol–water partition coefficient (Wildman–Crippen LogP) is 6.62. The van der Waals surface area contributed by atoms with Crippen LogP contribution in [0.1, 0.15) is 50.2 Å². The van der Waals surface area contributed by atoms with E-state index in [1.165, 1.54) is 36.4 Å². The Morgan fingerprint density at radius 3 is 1.55 bits per heavy atom. The molecule has 0 aliphatic heterocycles. The monoisotopic (exact) mass is 578 g/mol. The number of carbonyl (C=O) groups excluding carboxylic acids is 2. The molecule has 0 bridgehead atoms. The summed E-state index contributed by atoms with van der Waals surface area (Å²) in [5.41, 5.74) is -8.16. The lowest BCUT2D eigenvalue weighted by Gasteiger charge is -2.34. The zero-order chi connectivity index (χ0) is 30.0. The molecule has 0 N–H and O–H groups in total. The van der Waals surface area contributed by atoms with Crippen molar-refractivity contribution >= 4 is 11.9 Å². The minimum Gasteiger partial charge on any atom is -0.459 e. The Labute approximate surface area is 228 Å². The summed E-state index contributed by atoms with van der Waals surface area (Å²) >= 11 is 0. The number of halogens is 6. The third-order valence-corrected chi connectivity index (χ3v) is 6.40. The molecule has 0 aliphatic rings. The molecular weight excluding hydrogens is 546 g/mol. The lowest BCUT2D eigenvalue weighted by molar-refractivity contribution is -0.282. The smallest absolute Gasteiger partial charge is 0.432 e.